The molecule has 34 heavy (non-hydrogen) atoms. The molecule has 180 valence electrons. The largest absolute Gasteiger partial charge is 0.508 e. The van der Waals surface area contributed by atoms with Crippen molar-refractivity contribution in [2.45, 2.75) is 53.0 Å². The number of rotatable bonds is 9. The first-order valence-electron chi connectivity index (χ1n) is 12.4. The first-order chi connectivity index (χ1) is 16.5. The highest BCUT2D eigenvalue weighted by Gasteiger charge is 2.17. The maximum atomic E-state index is 10.2. The van der Waals surface area contributed by atoms with Gasteiger partial charge in [-0.2, -0.15) is 0 Å². The van der Waals surface area contributed by atoms with Gasteiger partial charge in [-0.25, -0.2) is 0 Å². The second-order valence-electron chi connectivity index (χ2n) is 9.12. The van der Waals surface area contributed by atoms with Gasteiger partial charge in [-0.3, -0.25) is 4.90 Å². The van der Waals surface area contributed by atoms with Crippen molar-refractivity contribution in [3.63, 3.8) is 0 Å². The van der Waals surface area contributed by atoms with Crippen molar-refractivity contribution >= 4 is 11.1 Å². The zero-order chi connectivity index (χ0) is 24.5. The molecular weight excluding hydrogens is 418 g/mol. The van der Waals surface area contributed by atoms with Crippen LogP contribution in [0.2, 0.25) is 0 Å². The van der Waals surface area contributed by atoms with Gasteiger partial charge in [-0.15, -0.1) is 0 Å². The molecule has 0 aliphatic carbocycles. The van der Waals surface area contributed by atoms with Crippen LogP contribution in [0.4, 0.5) is 0 Å². The Balaban J connectivity index is 2.09. The Morgan fingerprint density at radius 2 is 1.82 bits per heavy atom. The number of phenolic OH excluding ortho intramolecular Hbond substituents is 1. The molecule has 2 aromatic carbocycles. The number of nitrogens with zero attached hydrogens (tertiary/aromatic N) is 1. The molecule has 0 unspecified atom stereocenters. The number of aromatic hydroxyl groups is 1. The van der Waals surface area contributed by atoms with Crippen LogP contribution in [0.15, 0.2) is 84.0 Å². The number of hydrogen-bond donors (Lipinski definition) is 2. The highest BCUT2D eigenvalue weighted by Crippen LogP contribution is 2.36. The molecule has 1 aliphatic rings. The lowest BCUT2D eigenvalue weighted by Gasteiger charge is -2.29. The lowest BCUT2D eigenvalue weighted by molar-refractivity contribution is 0.245. The normalized spacial score (nSPS) is 16.2. The SMILES string of the molecule is C\C=C/C(=C\C)C(/CCCO)=C(\c1ccc(C2=CCN(C(C)C)CC2)cc1)c1cccc(O)c1. The third kappa shape index (κ3) is 6.37. The summed E-state index contributed by atoms with van der Waals surface area (Å²) in [7, 11) is 0. The molecule has 0 atom stereocenters. The molecule has 0 bridgehead atoms. The molecule has 1 aliphatic heterocycles. The maximum Gasteiger partial charge on any atom is 0.116 e. The molecule has 0 radical (unpaired) electrons. The lowest BCUT2D eigenvalue weighted by atomic mass is 9.86. The number of benzene rings is 2. The van der Waals surface area contributed by atoms with Crippen molar-refractivity contribution in [2.24, 2.45) is 0 Å². The van der Waals surface area contributed by atoms with Crippen molar-refractivity contribution in [3.05, 3.63) is 101 Å². The van der Waals surface area contributed by atoms with Gasteiger partial charge >= 0.3 is 0 Å². The van der Waals surface area contributed by atoms with Crippen LogP contribution < -0.4 is 0 Å². The van der Waals surface area contributed by atoms with Crippen molar-refractivity contribution in [3.8, 4) is 5.75 Å². The van der Waals surface area contributed by atoms with Crippen LogP contribution in [0, 0.1) is 0 Å². The molecule has 0 fully saturated rings. The minimum absolute atomic E-state index is 0.143. The summed E-state index contributed by atoms with van der Waals surface area (Å²) in [4.78, 5) is 2.49. The van der Waals surface area contributed by atoms with E-state index in [1.807, 2.05) is 32.1 Å². The van der Waals surface area contributed by atoms with Gasteiger partial charge in [-0.1, -0.05) is 60.7 Å². The van der Waals surface area contributed by atoms with E-state index in [0.29, 0.717) is 12.5 Å². The summed E-state index contributed by atoms with van der Waals surface area (Å²) in [5.41, 5.74) is 8.21. The predicted octanol–water partition coefficient (Wildman–Crippen LogP) is 6.99. The van der Waals surface area contributed by atoms with E-state index in [-0.39, 0.29) is 12.4 Å². The van der Waals surface area contributed by atoms with Crippen LogP contribution in [-0.4, -0.2) is 40.9 Å². The molecule has 0 saturated carbocycles. The first-order valence-corrected chi connectivity index (χ1v) is 12.4. The van der Waals surface area contributed by atoms with E-state index in [4.69, 9.17) is 0 Å². The predicted molar refractivity (Wildman–Crippen MR) is 145 cm³/mol. The summed E-state index contributed by atoms with van der Waals surface area (Å²) in [6.07, 6.45) is 11.2. The smallest absolute Gasteiger partial charge is 0.116 e. The molecule has 3 nitrogen and oxygen atoms in total. The standard InChI is InChI=1S/C31H39NO2/c1-5-9-24(6-2)30(12-8-21-33)31(28-10-7-11-29(34)22-28)27-15-13-25(14-16-27)26-17-19-32(20-18-26)23(3)4/h5-7,9-11,13-17,22-23,33-34H,8,12,18-21H2,1-4H3/b9-5-,24-6+,31-30+. The molecular formula is C31H39NO2. The fraction of sp³-hybridized carbons (Fsp3) is 0.355. The molecule has 1 heterocycles. The molecule has 3 rings (SSSR count). The van der Waals surface area contributed by atoms with E-state index in [9.17, 15) is 10.2 Å². The quantitative estimate of drug-likeness (QED) is 0.399. The fourth-order valence-corrected chi connectivity index (χ4v) is 4.66. The van der Waals surface area contributed by atoms with Crippen molar-refractivity contribution in [2.75, 3.05) is 19.7 Å². The van der Waals surface area contributed by atoms with E-state index in [1.54, 1.807) is 6.07 Å². The van der Waals surface area contributed by atoms with Gasteiger partial charge in [0.05, 0.1) is 0 Å². The summed E-state index contributed by atoms with van der Waals surface area (Å²) in [6, 6.07) is 16.9. The number of allylic oxidation sites excluding steroid dienone is 5. The number of hydrogen-bond acceptors (Lipinski definition) is 3. The number of aliphatic hydroxyl groups excluding tert-OH is 1. The van der Waals surface area contributed by atoms with Crippen molar-refractivity contribution < 1.29 is 10.2 Å². The van der Waals surface area contributed by atoms with Gasteiger partial charge in [0.1, 0.15) is 5.75 Å². The summed E-state index contributed by atoms with van der Waals surface area (Å²) in [5.74, 6) is 0.253. The Kier molecular flexibility index (Phi) is 9.50. The Hall–Kier alpha value is -2.88. The second kappa shape index (κ2) is 12.5. The Labute approximate surface area is 205 Å². The Morgan fingerprint density at radius 3 is 2.38 bits per heavy atom. The zero-order valence-electron chi connectivity index (χ0n) is 21.1. The van der Waals surface area contributed by atoms with Gasteiger partial charge in [0.25, 0.3) is 0 Å². The minimum Gasteiger partial charge on any atom is -0.508 e. The molecule has 2 N–H and O–H groups in total. The number of phenols is 1. The van der Waals surface area contributed by atoms with Gasteiger partial charge < -0.3 is 10.2 Å². The van der Waals surface area contributed by atoms with Crippen LogP contribution in [0.5, 0.6) is 5.75 Å². The average molecular weight is 458 g/mol. The number of aliphatic hydroxyl groups is 1. The van der Waals surface area contributed by atoms with Crippen LogP contribution in [0.25, 0.3) is 11.1 Å². The van der Waals surface area contributed by atoms with E-state index in [2.05, 4.69) is 67.3 Å². The molecule has 0 saturated heterocycles. The maximum absolute atomic E-state index is 10.2. The Morgan fingerprint density at radius 1 is 1.06 bits per heavy atom. The van der Waals surface area contributed by atoms with Crippen molar-refractivity contribution in [1.82, 2.24) is 4.90 Å². The highest BCUT2D eigenvalue weighted by molar-refractivity contribution is 5.86. The third-order valence-corrected chi connectivity index (χ3v) is 6.54. The van der Waals surface area contributed by atoms with Crippen LogP contribution in [-0.2, 0) is 0 Å². The lowest BCUT2D eigenvalue weighted by Crippen LogP contribution is -2.34. The summed E-state index contributed by atoms with van der Waals surface area (Å²) in [5, 5.41) is 19.8. The zero-order valence-corrected chi connectivity index (χ0v) is 21.1. The first kappa shape index (κ1) is 25.7. The minimum atomic E-state index is 0.143. The average Bonchev–Trinajstić information content (AvgIpc) is 2.85. The van der Waals surface area contributed by atoms with Crippen LogP contribution in [0.3, 0.4) is 0 Å². The molecule has 0 spiro atoms. The summed E-state index contributed by atoms with van der Waals surface area (Å²) >= 11 is 0. The van der Waals surface area contributed by atoms with Gasteiger partial charge in [0.15, 0.2) is 0 Å². The molecule has 2 aromatic rings. The molecule has 0 aromatic heterocycles. The highest BCUT2D eigenvalue weighted by atomic mass is 16.3. The van der Waals surface area contributed by atoms with E-state index >= 15 is 0 Å². The van der Waals surface area contributed by atoms with E-state index in [0.717, 1.165) is 48.2 Å². The van der Waals surface area contributed by atoms with Crippen LogP contribution >= 0.6 is 0 Å². The Bertz CT molecular complexity index is 1070. The molecule has 3 heteroatoms. The molecule has 0 amide bonds. The second-order valence-corrected chi connectivity index (χ2v) is 9.12. The van der Waals surface area contributed by atoms with Crippen LogP contribution in [0.1, 0.15) is 63.6 Å². The van der Waals surface area contributed by atoms with E-state index in [1.165, 1.54) is 16.7 Å². The summed E-state index contributed by atoms with van der Waals surface area (Å²) < 4.78 is 0. The van der Waals surface area contributed by atoms with Gasteiger partial charge in [0.2, 0.25) is 0 Å². The third-order valence-electron chi connectivity index (χ3n) is 6.54. The van der Waals surface area contributed by atoms with Gasteiger partial charge in [-0.05, 0) is 98.1 Å². The summed E-state index contributed by atoms with van der Waals surface area (Å²) in [6.45, 7) is 10.8. The monoisotopic (exact) mass is 457 g/mol. The van der Waals surface area contributed by atoms with Gasteiger partial charge in [0, 0.05) is 25.7 Å². The fourth-order valence-electron chi connectivity index (χ4n) is 4.66. The topological polar surface area (TPSA) is 43.7 Å². The van der Waals surface area contributed by atoms with E-state index < -0.39 is 0 Å². The van der Waals surface area contributed by atoms with Crippen molar-refractivity contribution in [1.29, 1.82) is 0 Å².